The highest BCUT2D eigenvalue weighted by atomic mass is 16.5. The number of hydrogen-bond acceptors (Lipinski definition) is 5. The molecule has 1 aliphatic rings. The van der Waals surface area contributed by atoms with E-state index in [1.165, 1.54) is 5.69 Å². The lowest BCUT2D eigenvalue weighted by Gasteiger charge is -2.31. The molecule has 0 aliphatic carbocycles. The third-order valence-electron chi connectivity index (χ3n) is 6.69. The Bertz CT molecular complexity index is 1170. The van der Waals surface area contributed by atoms with Crippen LogP contribution in [0.4, 0.5) is 0 Å². The second-order valence-electron chi connectivity index (χ2n) is 9.06. The number of ether oxygens (including phenoxy) is 1. The van der Waals surface area contributed by atoms with Crippen LogP contribution in [0.5, 0.6) is 5.75 Å². The smallest absolute Gasteiger partial charge is 0.144 e. The predicted octanol–water partition coefficient (Wildman–Crippen LogP) is 5.51. The zero-order valence-electron chi connectivity index (χ0n) is 20.1. The predicted molar refractivity (Wildman–Crippen MR) is 131 cm³/mol. The minimum atomic E-state index is 0.491. The Morgan fingerprint density at radius 3 is 2.48 bits per heavy atom. The third kappa shape index (κ3) is 5.40. The van der Waals surface area contributed by atoms with Gasteiger partial charge in [-0.25, -0.2) is 4.98 Å². The number of likely N-dealkylation sites (tertiary alicyclic amines) is 1. The lowest BCUT2D eigenvalue weighted by Crippen LogP contribution is -2.36. The summed E-state index contributed by atoms with van der Waals surface area (Å²) in [5.41, 5.74) is 7.76. The number of aryl methyl sites for hydroxylation is 3. The molecule has 0 N–H and O–H groups in total. The van der Waals surface area contributed by atoms with Gasteiger partial charge in [-0.2, -0.15) is 5.26 Å². The summed E-state index contributed by atoms with van der Waals surface area (Å²) in [7, 11) is 0. The molecule has 5 nitrogen and oxygen atoms in total. The third-order valence-corrected chi connectivity index (χ3v) is 6.69. The van der Waals surface area contributed by atoms with Gasteiger partial charge in [-0.05, 0) is 107 Å². The van der Waals surface area contributed by atoms with Crippen LogP contribution < -0.4 is 4.74 Å². The van der Waals surface area contributed by atoms with Crippen LogP contribution in [0.3, 0.4) is 0 Å². The van der Waals surface area contributed by atoms with E-state index in [1.54, 1.807) is 0 Å². The molecule has 1 fully saturated rings. The number of nitriles is 1. The minimum absolute atomic E-state index is 0.491. The molecule has 1 aromatic carbocycles. The van der Waals surface area contributed by atoms with Gasteiger partial charge in [-0.1, -0.05) is 6.07 Å². The number of aromatic nitrogens is 2. The Labute approximate surface area is 197 Å². The Morgan fingerprint density at radius 1 is 1.00 bits per heavy atom. The van der Waals surface area contributed by atoms with Crippen LogP contribution >= 0.6 is 0 Å². The van der Waals surface area contributed by atoms with Gasteiger partial charge in [0.2, 0.25) is 0 Å². The first kappa shape index (κ1) is 22.9. The van der Waals surface area contributed by atoms with Crippen molar-refractivity contribution in [3.8, 4) is 23.1 Å². The molecule has 0 bridgehead atoms. The molecule has 170 valence electrons. The highest BCUT2D eigenvalue weighted by Crippen LogP contribution is 2.28. The molecule has 0 saturated carbocycles. The van der Waals surface area contributed by atoms with Gasteiger partial charge in [0.25, 0.3) is 0 Å². The number of rotatable bonds is 6. The second kappa shape index (κ2) is 10.1. The van der Waals surface area contributed by atoms with Crippen LogP contribution in [0.15, 0.2) is 42.5 Å². The van der Waals surface area contributed by atoms with E-state index in [0.717, 1.165) is 71.9 Å². The van der Waals surface area contributed by atoms with E-state index in [1.807, 2.05) is 32.0 Å². The molecular formula is C28H32N4O. The van der Waals surface area contributed by atoms with Gasteiger partial charge in [0, 0.05) is 29.4 Å². The molecule has 33 heavy (non-hydrogen) atoms. The van der Waals surface area contributed by atoms with E-state index < -0.39 is 0 Å². The Kier molecular flexibility index (Phi) is 7.05. The van der Waals surface area contributed by atoms with Crippen molar-refractivity contribution < 1.29 is 4.74 Å². The van der Waals surface area contributed by atoms with Gasteiger partial charge in [0.05, 0.1) is 5.69 Å². The van der Waals surface area contributed by atoms with Crippen molar-refractivity contribution in [1.82, 2.24) is 14.9 Å². The summed E-state index contributed by atoms with van der Waals surface area (Å²) >= 11 is 0. The first-order chi connectivity index (χ1) is 15.9. The van der Waals surface area contributed by atoms with Gasteiger partial charge in [0.15, 0.2) is 0 Å². The summed E-state index contributed by atoms with van der Waals surface area (Å²) in [6.45, 7) is 11.9. The standard InChI is InChI=1S/C28H32N4O/c1-19-17-26(31-27(18-29)22(19)4)24-8-9-28(20(2)16-24)33-15-14-32-12-10-23(11-13-32)25-7-5-6-21(3)30-25/h5-9,16-17,23H,10-15H2,1-4H3. The number of nitrogens with zero attached hydrogens (tertiary/aromatic N) is 4. The molecule has 3 aromatic rings. The molecule has 1 aliphatic heterocycles. The van der Waals surface area contributed by atoms with Gasteiger partial charge in [0.1, 0.15) is 24.1 Å². The fraction of sp³-hybridized carbons (Fsp3) is 0.393. The lowest BCUT2D eigenvalue weighted by molar-refractivity contribution is 0.172. The van der Waals surface area contributed by atoms with E-state index >= 15 is 0 Å². The fourth-order valence-corrected chi connectivity index (χ4v) is 4.49. The molecule has 0 unspecified atom stereocenters. The van der Waals surface area contributed by atoms with Crippen LogP contribution in [-0.4, -0.2) is 41.1 Å². The van der Waals surface area contributed by atoms with Crippen molar-refractivity contribution >= 4 is 0 Å². The average molecular weight is 441 g/mol. The van der Waals surface area contributed by atoms with Crippen molar-refractivity contribution in [3.05, 3.63) is 76.2 Å². The average Bonchev–Trinajstić information content (AvgIpc) is 2.82. The molecule has 3 heterocycles. The van der Waals surface area contributed by atoms with Crippen molar-refractivity contribution in [2.75, 3.05) is 26.2 Å². The van der Waals surface area contributed by atoms with Crippen LogP contribution in [0, 0.1) is 39.0 Å². The lowest BCUT2D eigenvalue weighted by atomic mass is 9.93. The van der Waals surface area contributed by atoms with E-state index in [9.17, 15) is 5.26 Å². The van der Waals surface area contributed by atoms with Crippen LogP contribution in [-0.2, 0) is 0 Å². The Balaban J connectivity index is 1.31. The molecule has 0 radical (unpaired) electrons. The number of hydrogen-bond donors (Lipinski definition) is 0. The molecule has 4 rings (SSSR count). The van der Waals surface area contributed by atoms with E-state index in [4.69, 9.17) is 9.72 Å². The van der Waals surface area contributed by atoms with E-state index in [-0.39, 0.29) is 0 Å². The number of benzene rings is 1. The Hall–Kier alpha value is -3.23. The topological polar surface area (TPSA) is 62.0 Å². The Morgan fingerprint density at radius 2 is 1.79 bits per heavy atom. The maximum Gasteiger partial charge on any atom is 0.144 e. The second-order valence-corrected chi connectivity index (χ2v) is 9.06. The maximum atomic E-state index is 9.36. The molecule has 0 atom stereocenters. The van der Waals surface area contributed by atoms with Crippen LogP contribution in [0.2, 0.25) is 0 Å². The molecule has 0 spiro atoms. The largest absolute Gasteiger partial charge is 0.492 e. The number of piperidine rings is 1. The highest BCUT2D eigenvalue weighted by Gasteiger charge is 2.21. The maximum absolute atomic E-state index is 9.36. The van der Waals surface area contributed by atoms with Gasteiger partial charge < -0.3 is 4.74 Å². The van der Waals surface area contributed by atoms with Crippen LogP contribution in [0.1, 0.15) is 52.5 Å². The van der Waals surface area contributed by atoms with Gasteiger partial charge in [-0.3, -0.25) is 9.88 Å². The quantitative estimate of drug-likeness (QED) is 0.506. The summed E-state index contributed by atoms with van der Waals surface area (Å²) < 4.78 is 6.12. The van der Waals surface area contributed by atoms with E-state index in [2.05, 4.69) is 54.1 Å². The summed E-state index contributed by atoms with van der Waals surface area (Å²) in [4.78, 5) is 11.7. The van der Waals surface area contributed by atoms with E-state index in [0.29, 0.717) is 18.2 Å². The monoisotopic (exact) mass is 440 g/mol. The molecule has 5 heteroatoms. The zero-order chi connectivity index (χ0) is 23.4. The summed E-state index contributed by atoms with van der Waals surface area (Å²) in [5, 5.41) is 9.36. The van der Waals surface area contributed by atoms with Crippen molar-refractivity contribution in [2.24, 2.45) is 0 Å². The summed E-state index contributed by atoms with van der Waals surface area (Å²) in [5.74, 6) is 1.47. The normalized spacial score (nSPS) is 14.8. The minimum Gasteiger partial charge on any atom is -0.492 e. The first-order valence-electron chi connectivity index (χ1n) is 11.7. The summed E-state index contributed by atoms with van der Waals surface area (Å²) in [6, 6.07) is 16.7. The SMILES string of the molecule is Cc1cccc(C2CCN(CCOc3ccc(-c4cc(C)c(C)c(C#N)n4)cc3C)CC2)n1. The van der Waals surface area contributed by atoms with Crippen LogP contribution in [0.25, 0.3) is 11.3 Å². The molecule has 1 saturated heterocycles. The number of pyridine rings is 2. The van der Waals surface area contributed by atoms with Crippen molar-refractivity contribution in [2.45, 2.75) is 46.5 Å². The first-order valence-corrected chi connectivity index (χ1v) is 11.7. The molecule has 2 aromatic heterocycles. The van der Waals surface area contributed by atoms with Crippen molar-refractivity contribution in [1.29, 1.82) is 5.26 Å². The van der Waals surface area contributed by atoms with Crippen molar-refractivity contribution in [3.63, 3.8) is 0 Å². The summed E-state index contributed by atoms with van der Waals surface area (Å²) in [6.07, 6.45) is 2.30. The van der Waals surface area contributed by atoms with Gasteiger partial charge in [-0.15, -0.1) is 0 Å². The highest BCUT2D eigenvalue weighted by molar-refractivity contribution is 5.64. The fourth-order valence-electron chi connectivity index (χ4n) is 4.49. The van der Waals surface area contributed by atoms with Gasteiger partial charge >= 0.3 is 0 Å². The molecule has 0 amide bonds. The zero-order valence-corrected chi connectivity index (χ0v) is 20.1. The molecular weight excluding hydrogens is 408 g/mol.